The zero-order chi connectivity index (χ0) is 16.8. The van der Waals surface area contributed by atoms with Gasteiger partial charge in [-0.3, -0.25) is 0 Å². The quantitative estimate of drug-likeness (QED) is 0.756. The third-order valence-corrected chi connectivity index (χ3v) is 7.89. The Bertz CT molecular complexity index is 814. The Morgan fingerprint density at radius 1 is 1.04 bits per heavy atom. The minimum atomic E-state index is -3.81. The molecule has 1 aromatic rings. The number of rotatable bonds is 4. The van der Waals surface area contributed by atoms with Gasteiger partial charge in [-0.1, -0.05) is 6.42 Å². The van der Waals surface area contributed by atoms with Gasteiger partial charge in [-0.25, -0.2) is 16.8 Å². The fourth-order valence-electron chi connectivity index (χ4n) is 3.74. The first-order valence-electron chi connectivity index (χ1n) is 7.54. The summed E-state index contributed by atoms with van der Waals surface area (Å²) in [5.41, 5.74) is 0. The summed E-state index contributed by atoms with van der Waals surface area (Å²) in [4.78, 5) is 11.4. The number of nitrogens with zero attached hydrogens (tertiary/aromatic N) is 1. The highest BCUT2D eigenvalue weighted by Crippen LogP contribution is 2.43. The molecule has 0 aromatic heterocycles. The fraction of sp³-hybridized carbons (Fsp3) is 0.533. The van der Waals surface area contributed by atoms with Gasteiger partial charge >= 0.3 is 0 Å². The average Bonchev–Trinajstić information content (AvgIpc) is 3.06. The lowest BCUT2D eigenvalue weighted by Crippen LogP contribution is -2.41. The van der Waals surface area contributed by atoms with E-state index in [0.29, 0.717) is 12.7 Å². The molecule has 0 bridgehead atoms. The van der Waals surface area contributed by atoms with Gasteiger partial charge in [0.05, 0.1) is 15.8 Å². The molecule has 3 atom stereocenters. The van der Waals surface area contributed by atoms with E-state index in [1.165, 1.54) is 28.6 Å². The van der Waals surface area contributed by atoms with E-state index in [0.717, 1.165) is 25.5 Å². The van der Waals surface area contributed by atoms with Crippen LogP contribution in [0.15, 0.2) is 34.1 Å². The molecule has 0 N–H and O–H groups in total. The largest absolute Gasteiger partial charge is 0.302 e. The molecule has 0 spiro atoms. The topological polar surface area (TPSA) is 88.6 Å². The SMILES string of the molecule is CS(=O)(=O)c1ccc(S(=O)(=O)N2[C@@H]3CCC[C@@H]3C[C@@H]2C=O)cc1. The van der Waals surface area contributed by atoms with Crippen LogP contribution in [0.3, 0.4) is 0 Å². The number of benzene rings is 1. The minimum Gasteiger partial charge on any atom is -0.302 e. The van der Waals surface area contributed by atoms with Gasteiger partial charge in [0.1, 0.15) is 6.29 Å². The minimum absolute atomic E-state index is 0.0318. The van der Waals surface area contributed by atoms with E-state index in [-0.39, 0.29) is 21.8 Å². The molecular weight excluding hydrogens is 338 g/mol. The molecule has 126 valence electrons. The molecular formula is C15H19NO5S2. The van der Waals surface area contributed by atoms with Crippen molar-refractivity contribution in [2.75, 3.05) is 6.26 Å². The average molecular weight is 357 g/mol. The fourth-order valence-corrected chi connectivity index (χ4v) is 6.22. The lowest BCUT2D eigenvalue weighted by Gasteiger charge is -2.26. The van der Waals surface area contributed by atoms with E-state index < -0.39 is 25.9 Å². The number of sulfonamides is 1. The maximum absolute atomic E-state index is 12.9. The molecule has 1 aromatic carbocycles. The standard InChI is InChI=1S/C15H19NO5S2/c1-22(18,19)13-5-7-14(8-6-13)23(20,21)16-12(10-17)9-11-3-2-4-15(11)16/h5-8,10-12,15H,2-4,9H2,1H3/t11-,12-,15-/m1/s1. The Kier molecular flexibility index (Phi) is 4.10. The van der Waals surface area contributed by atoms with E-state index in [1.807, 2.05) is 0 Å². The van der Waals surface area contributed by atoms with Crippen molar-refractivity contribution in [3.63, 3.8) is 0 Å². The zero-order valence-corrected chi connectivity index (χ0v) is 14.4. The lowest BCUT2D eigenvalue weighted by atomic mass is 10.0. The van der Waals surface area contributed by atoms with Crippen molar-refractivity contribution in [2.45, 2.75) is 47.6 Å². The highest BCUT2D eigenvalue weighted by Gasteiger charge is 2.49. The number of carbonyl (C=O) groups is 1. The number of fused-ring (bicyclic) bond motifs is 1. The van der Waals surface area contributed by atoms with Gasteiger partial charge in [0.15, 0.2) is 9.84 Å². The molecule has 2 fully saturated rings. The number of hydrogen-bond acceptors (Lipinski definition) is 5. The highest BCUT2D eigenvalue weighted by atomic mass is 32.2. The van der Waals surface area contributed by atoms with Gasteiger partial charge in [-0.05, 0) is 49.4 Å². The first-order valence-corrected chi connectivity index (χ1v) is 10.9. The molecule has 1 aliphatic heterocycles. The highest BCUT2D eigenvalue weighted by molar-refractivity contribution is 7.90. The maximum Gasteiger partial charge on any atom is 0.243 e. The summed E-state index contributed by atoms with van der Waals surface area (Å²) in [6.45, 7) is 0. The first kappa shape index (κ1) is 16.6. The van der Waals surface area contributed by atoms with Crippen molar-refractivity contribution < 1.29 is 21.6 Å². The van der Waals surface area contributed by atoms with Crippen LogP contribution in [0, 0.1) is 5.92 Å². The smallest absolute Gasteiger partial charge is 0.243 e. The van der Waals surface area contributed by atoms with Crippen LogP contribution in [0.2, 0.25) is 0 Å². The van der Waals surface area contributed by atoms with Crippen LogP contribution in [0.1, 0.15) is 25.7 Å². The summed E-state index contributed by atoms with van der Waals surface area (Å²) < 4.78 is 50.2. The number of aldehydes is 1. The van der Waals surface area contributed by atoms with E-state index in [9.17, 15) is 21.6 Å². The Labute approximate surface area is 136 Å². The van der Waals surface area contributed by atoms with Crippen LogP contribution in [0.4, 0.5) is 0 Å². The second kappa shape index (κ2) is 5.68. The summed E-state index contributed by atoms with van der Waals surface area (Å²) in [7, 11) is -7.19. The monoisotopic (exact) mass is 357 g/mol. The van der Waals surface area contributed by atoms with E-state index >= 15 is 0 Å². The maximum atomic E-state index is 12.9. The van der Waals surface area contributed by atoms with Crippen molar-refractivity contribution in [3.05, 3.63) is 24.3 Å². The second-order valence-corrected chi connectivity index (χ2v) is 10.1. The van der Waals surface area contributed by atoms with Crippen molar-refractivity contribution >= 4 is 26.1 Å². The summed E-state index contributed by atoms with van der Waals surface area (Å²) in [6, 6.07) is 4.45. The van der Waals surface area contributed by atoms with Crippen LogP contribution in [0.5, 0.6) is 0 Å². The van der Waals surface area contributed by atoms with Gasteiger partial charge in [-0.2, -0.15) is 4.31 Å². The Hall–Kier alpha value is -1.25. The van der Waals surface area contributed by atoms with Crippen LogP contribution >= 0.6 is 0 Å². The van der Waals surface area contributed by atoms with Crippen LogP contribution in [-0.4, -0.2) is 45.8 Å². The number of hydrogen-bond donors (Lipinski definition) is 0. The molecule has 0 radical (unpaired) electrons. The number of sulfone groups is 1. The summed E-state index contributed by atoms with van der Waals surface area (Å²) in [5.74, 6) is 0.246. The molecule has 1 aliphatic carbocycles. The number of carbonyl (C=O) groups excluding carboxylic acids is 1. The zero-order valence-electron chi connectivity index (χ0n) is 12.8. The molecule has 6 nitrogen and oxygen atoms in total. The van der Waals surface area contributed by atoms with Crippen molar-refractivity contribution in [1.29, 1.82) is 0 Å². The Balaban J connectivity index is 1.99. The third-order valence-electron chi connectivity index (χ3n) is 4.80. The van der Waals surface area contributed by atoms with E-state index in [4.69, 9.17) is 0 Å². The Morgan fingerprint density at radius 2 is 1.65 bits per heavy atom. The summed E-state index contributed by atoms with van der Waals surface area (Å²) >= 11 is 0. The van der Waals surface area contributed by atoms with Gasteiger partial charge in [0, 0.05) is 12.3 Å². The van der Waals surface area contributed by atoms with Crippen molar-refractivity contribution in [2.24, 2.45) is 5.92 Å². The molecule has 1 saturated heterocycles. The molecule has 3 rings (SSSR count). The van der Waals surface area contributed by atoms with Crippen molar-refractivity contribution in [1.82, 2.24) is 4.31 Å². The van der Waals surface area contributed by atoms with Gasteiger partial charge in [0.2, 0.25) is 10.0 Å². The van der Waals surface area contributed by atoms with Gasteiger partial charge < -0.3 is 4.79 Å². The van der Waals surface area contributed by atoms with Gasteiger partial charge in [0.25, 0.3) is 0 Å². The first-order chi connectivity index (χ1) is 10.7. The van der Waals surface area contributed by atoms with Gasteiger partial charge in [-0.15, -0.1) is 0 Å². The molecule has 0 unspecified atom stereocenters. The lowest BCUT2D eigenvalue weighted by molar-refractivity contribution is -0.110. The summed E-state index contributed by atoms with van der Waals surface area (Å²) in [6.07, 6.45) is 5.06. The predicted octanol–water partition coefficient (Wildman–Crippen LogP) is 1.22. The molecule has 1 heterocycles. The predicted molar refractivity (Wildman–Crippen MR) is 84.2 cm³/mol. The van der Waals surface area contributed by atoms with Crippen LogP contribution < -0.4 is 0 Å². The molecule has 23 heavy (non-hydrogen) atoms. The van der Waals surface area contributed by atoms with E-state index in [2.05, 4.69) is 0 Å². The molecule has 2 aliphatic rings. The molecule has 0 amide bonds. The summed E-state index contributed by atoms with van der Waals surface area (Å²) in [5, 5.41) is 0. The van der Waals surface area contributed by atoms with E-state index in [1.54, 1.807) is 0 Å². The van der Waals surface area contributed by atoms with Crippen molar-refractivity contribution in [3.8, 4) is 0 Å². The van der Waals surface area contributed by atoms with Crippen LogP contribution in [-0.2, 0) is 24.7 Å². The normalized spacial score (nSPS) is 28.7. The second-order valence-electron chi connectivity index (χ2n) is 6.28. The Morgan fingerprint density at radius 3 is 2.22 bits per heavy atom. The molecule has 8 heteroatoms. The third kappa shape index (κ3) is 2.83. The van der Waals surface area contributed by atoms with Crippen LogP contribution in [0.25, 0.3) is 0 Å². The molecule has 1 saturated carbocycles.